The smallest absolute Gasteiger partial charge is 0.246 e. The molecule has 98 valence electrons. The molecule has 1 aromatic carbocycles. The van der Waals surface area contributed by atoms with Gasteiger partial charge in [0.2, 0.25) is 5.79 Å². The second-order valence-corrected chi connectivity index (χ2v) is 4.82. The fourth-order valence-corrected chi connectivity index (χ4v) is 1.95. The van der Waals surface area contributed by atoms with E-state index in [2.05, 4.69) is 15.3 Å². The van der Waals surface area contributed by atoms with E-state index in [1.54, 1.807) is 12.5 Å². The lowest BCUT2D eigenvalue weighted by Gasteiger charge is -2.16. The maximum absolute atomic E-state index is 5.70. The average molecular weight is 257 g/mol. The van der Waals surface area contributed by atoms with Crippen LogP contribution in [0.25, 0.3) is 0 Å². The maximum Gasteiger partial charge on any atom is 0.246 e. The summed E-state index contributed by atoms with van der Waals surface area (Å²) in [7, 11) is 0. The Morgan fingerprint density at radius 2 is 2.00 bits per heavy atom. The molecular formula is C14H15N3O2. The molecule has 0 unspecified atom stereocenters. The second kappa shape index (κ2) is 4.42. The third-order valence-corrected chi connectivity index (χ3v) is 2.77. The lowest BCUT2D eigenvalue weighted by Crippen LogP contribution is -2.29. The van der Waals surface area contributed by atoms with Crippen molar-refractivity contribution >= 4 is 5.69 Å². The number of rotatable bonds is 3. The molecule has 1 aliphatic heterocycles. The summed E-state index contributed by atoms with van der Waals surface area (Å²) in [6.07, 6.45) is 3.27. The molecule has 5 nitrogen and oxygen atoms in total. The molecule has 0 spiro atoms. The first-order valence-electron chi connectivity index (χ1n) is 6.13. The van der Waals surface area contributed by atoms with E-state index in [9.17, 15) is 0 Å². The van der Waals surface area contributed by atoms with Crippen LogP contribution in [0.15, 0.2) is 36.8 Å². The summed E-state index contributed by atoms with van der Waals surface area (Å²) >= 11 is 0. The highest BCUT2D eigenvalue weighted by molar-refractivity contribution is 5.56. The van der Waals surface area contributed by atoms with Gasteiger partial charge in [0.25, 0.3) is 0 Å². The zero-order valence-electron chi connectivity index (χ0n) is 10.9. The minimum absolute atomic E-state index is 0.590. The fourth-order valence-electron chi connectivity index (χ4n) is 1.95. The largest absolute Gasteiger partial charge is 0.449 e. The summed E-state index contributed by atoms with van der Waals surface area (Å²) in [5.74, 6) is 0.948. The van der Waals surface area contributed by atoms with Gasteiger partial charge in [0.15, 0.2) is 11.5 Å². The van der Waals surface area contributed by atoms with Crippen molar-refractivity contribution < 1.29 is 9.47 Å². The van der Waals surface area contributed by atoms with Crippen LogP contribution < -0.4 is 14.8 Å². The molecule has 0 bridgehead atoms. The van der Waals surface area contributed by atoms with E-state index in [4.69, 9.17) is 9.47 Å². The van der Waals surface area contributed by atoms with E-state index < -0.39 is 5.79 Å². The van der Waals surface area contributed by atoms with Crippen LogP contribution in [0.5, 0.6) is 11.5 Å². The van der Waals surface area contributed by atoms with Crippen molar-refractivity contribution in [3.05, 3.63) is 42.5 Å². The molecule has 0 amide bonds. The third kappa shape index (κ3) is 2.59. The Kier molecular flexibility index (Phi) is 2.74. The molecule has 1 N–H and O–H groups in total. The van der Waals surface area contributed by atoms with E-state index in [-0.39, 0.29) is 0 Å². The maximum atomic E-state index is 5.70. The average Bonchev–Trinajstić information content (AvgIpc) is 2.70. The summed E-state index contributed by atoms with van der Waals surface area (Å²) in [5, 5.41) is 3.29. The summed E-state index contributed by atoms with van der Waals surface area (Å²) in [6.45, 7) is 4.42. The van der Waals surface area contributed by atoms with Crippen molar-refractivity contribution in [2.24, 2.45) is 0 Å². The van der Waals surface area contributed by atoms with Crippen LogP contribution in [0.3, 0.4) is 0 Å². The van der Waals surface area contributed by atoms with Gasteiger partial charge in [0.05, 0.1) is 12.2 Å². The Morgan fingerprint density at radius 3 is 2.79 bits per heavy atom. The van der Waals surface area contributed by atoms with Gasteiger partial charge >= 0.3 is 0 Å². The van der Waals surface area contributed by atoms with E-state index in [1.165, 1.54) is 0 Å². The van der Waals surface area contributed by atoms with Gasteiger partial charge in [-0.2, -0.15) is 0 Å². The Hall–Kier alpha value is -2.30. The summed E-state index contributed by atoms with van der Waals surface area (Å²) in [4.78, 5) is 8.05. The summed E-state index contributed by atoms with van der Waals surface area (Å²) in [6, 6.07) is 7.69. The molecule has 0 saturated carbocycles. The van der Waals surface area contributed by atoms with Crippen LogP contribution in [0.4, 0.5) is 5.69 Å². The van der Waals surface area contributed by atoms with Crippen LogP contribution in [0.1, 0.15) is 19.5 Å². The predicted octanol–water partition coefficient (Wildman–Crippen LogP) is 2.60. The number of benzene rings is 1. The quantitative estimate of drug-likeness (QED) is 0.916. The first-order chi connectivity index (χ1) is 9.12. The highest BCUT2D eigenvalue weighted by atomic mass is 16.7. The van der Waals surface area contributed by atoms with E-state index in [0.29, 0.717) is 6.54 Å². The van der Waals surface area contributed by atoms with Crippen molar-refractivity contribution in [1.82, 2.24) is 9.97 Å². The highest BCUT2D eigenvalue weighted by Crippen LogP contribution is 2.40. The molecule has 0 fully saturated rings. The Bertz CT molecular complexity index is 584. The molecule has 0 aliphatic carbocycles. The number of nitrogens with zero attached hydrogens (tertiary/aromatic N) is 2. The molecule has 0 atom stereocenters. The van der Waals surface area contributed by atoms with Gasteiger partial charge in [-0.3, -0.25) is 0 Å². The van der Waals surface area contributed by atoms with Crippen LogP contribution in [-0.2, 0) is 6.54 Å². The van der Waals surface area contributed by atoms with E-state index in [1.807, 2.05) is 38.1 Å². The molecule has 5 heteroatoms. The van der Waals surface area contributed by atoms with Crippen molar-refractivity contribution in [2.45, 2.75) is 26.2 Å². The van der Waals surface area contributed by atoms with Crippen LogP contribution >= 0.6 is 0 Å². The molecule has 2 heterocycles. The van der Waals surface area contributed by atoms with Crippen LogP contribution in [0.2, 0.25) is 0 Å². The zero-order valence-corrected chi connectivity index (χ0v) is 10.9. The predicted molar refractivity (Wildman–Crippen MR) is 71.1 cm³/mol. The number of aromatic nitrogens is 2. The Labute approximate surface area is 111 Å². The lowest BCUT2D eigenvalue weighted by molar-refractivity contribution is -0.0431. The summed E-state index contributed by atoms with van der Waals surface area (Å²) in [5.41, 5.74) is 1.91. The molecule has 19 heavy (non-hydrogen) atoms. The first-order valence-corrected chi connectivity index (χ1v) is 6.13. The van der Waals surface area contributed by atoms with Crippen LogP contribution in [-0.4, -0.2) is 15.8 Å². The Morgan fingerprint density at radius 1 is 1.16 bits per heavy atom. The molecule has 3 rings (SSSR count). The molecule has 0 radical (unpaired) electrons. The highest BCUT2D eigenvalue weighted by Gasteiger charge is 2.31. The van der Waals surface area contributed by atoms with Crippen molar-refractivity contribution in [3.63, 3.8) is 0 Å². The second-order valence-electron chi connectivity index (χ2n) is 4.82. The number of anilines is 1. The van der Waals surface area contributed by atoms with Gasteiger partial charge in [0, 0.05) is 31.8 Å². The van der Waals surface area contributed by atoms with E-state index in [0.717, 1.165) is 22.9 Å². The normalized spacial score (nSPS) is 15.3. The standard InChI is InChI=1S/C14H15N3O2/c1-14(2)18-12-4-3-10(7-13(12)19-14)16-8-11-5-6-15-9-17-11/h3-7,9,16H,8H2,1-2H3. The van der Waals surface area contributed by atoms with Crippen molar-refractivity contribution in [2.75, 3.05) is 5.32 Å². The zero-order chi connectivity index (χ0) is 13.3. The molecular weight excluding hydrogens is 242 g/mol. The monoisotopic (exact) mass is 257 g/mol. The van der Waals surface area contributed by atoms with Gasteiger partial charge in [-0.05, 0) is 18.2 Å². The fraction of sp³-hybridized carbons (Fsp3) is 0.286. The number of hydrogen-bond acceptors (Lipinski definition) is 5. The topological polar surface area (TPSA) is 56.3 Å². The van der Waals surface area contributed by atoms with Crippen molar-refractivity contribution in [3.8, 4) is 11.5 Å². The van der Waals surface area contributed by atoms with Crippen molar-refractivity contribution in [1.29, 1.82) is 0 Å². The lowest BCUT2D eigenvalue weighted by atomic mass is 10.2. The van der Waals surface area contributed by atoms with Gasteiger partial charge in [-0.1, -0.05) is 0 Å². The third-order valence-electron chi connectivity index (χ3n) is 2.77. The number of nitrogens with one attached hydrogen (secondary N) is 1. The molecule has 1 aliphatic rings. The first kappa shape index (κ1) is 11.8. The van der Waals surface area contributed by atoms with Crippen LogP contribution in [0, 0.1) is 0 Å². The number of hydrogen-bond donors (Lipinski definition) is 1. The SMILES string of the molecule is CC1(C)Oc2ccc(NCc3ccncn3)cc2O1. The minimum Gasteiger partial charge on any atom is -0.449 e. The van der Waals surface area contributed by atoms with E-state index >= 15 is 0 Å². The number of ether oxygens (including phenoxy) is 2. The molecule has 2 aromatic rings. The van der Waals surface area contributed by atoms with Gasteiger partial charge in [0.1, 0.15) is 6.33 Å². The Balaban J connectivity index is 1.71. The van der Waals surface area contributed by atoms with Gasteiger partial charge < -0.3 is 14.8 Å². The molecule has 0 saturated heterocycles. The summed E-state index contributed by atoms with van der Waals surface area (Å²) < 4.78 is 11.3. The molecule has 1 aromatic heterocycles. The number of fused-ring (bicyclic) bond motifs is 1. The van der Waals surface area contributed by atoms with Gasteiger partial charge in [-0.15, -0.1) is 0 Å². The minimum atomic E-state index is -0.590. The van der Waals surface area contributed by atoms with Gasteiger partial charge in [-0.25, -0.2) is 9.97 Å².